The molecular weight excluding hydrogens is 184 g/mol. The molecule has 3 heteroatoms. The van der Waals surface area contributed by atoms with E-state index in [4.69, 9.17) is 10.2 Å². The van der Waals surface area contributed by atoms with E-state index in [-0.39, 0.29) is 19.1 Å². The average Bonchev–Trinajstić information content (AvgIpc) is 1.91. The first-order valence-electron chi connectivity index (χ1n) is 3.12. The van der Waals surface area contributed by atoms with Crippen LogP contribution >= 0.6 is 15.9 Å². The molecule has 0 spiro atoms. The molecule has 56 valence electrons. The highest BCUT2D eigenvalue weighted by Crippen LogP contribution is 2.05. The van der Waals surface area contributed by atoms with Crippen LogP contribution in [0.3, 0.4) is 0 Å². The molecule has 2 N–H and O–H groups in total. The molecule has 0 heterocycles. The molecule has 0 saturated carbocycles. The second-order valence-electron chi connectivity index (χ2n) is 2.06. The Labute approximate surface area is 64.0 Å². The second-order valence-corrected chi connectivity index (χ2v) is 2.86. The molecule has 0 unspecified atom stereocenters. The minimum Gasteiger partial charge on any atom is -0.396 e. The van der Waals surface area contributed by atoms with Crippen molar-refractivity contribution in [2.75, 3.05) is 18.5 Å². The smallest absolute Gasteiger partial charge is 0.0481 e. The lowest BCUT2D eigenvalue weighted by Crippen LogP contribution is -2.10. The van der Waals surface area contributed by atoms with Gasteiger partial charge in [0.15, 0.2) is 0 Å². The van der Waals surface area contributed by atoms with Gasteiger partial charge in [0.25, 0.3) is 0 Å². The normalized spacial score (nSPS) is 10.7. The van der Waals surface area contributed by atoms with Gasteiger partial charge in [0, 0.05) is 24.5 Å². The van der Waals surface area contributed by atoms with Crippen LogP contribution in [0.2, 0.25) is 0 Å². The van der Waals surface area contributed by atoms with Crippen molar-refractivity contribution >= 4 is 15.9 Å². The standard InChI is InChI=1S/C6H13BrO2/c7-3-1-2-6(4-8)5-9/h6,8-9H,1-5H2. The highest BCUT2D eigenvalue weighted by Gasteiger charge is 2.03. The summed E-state index contributed by atoms with van der Waals surface area (Å²) in [4.78, 5) is 0. The number of aliphatic hydroxyl groups is 2. The summed E-state index contributed by atoms with van der Waals surface area (Å²) in [5.74, 6) is 0.0857. The molecule has 0 aromatic heterocycles. The molecular formula is C6H13BrO2. The maximum atomic E-state index is 8.58. The summed E-state index contributed by atoms with van der Waals surface area (Å²) in [5, 5.41) is 18.1. The Hall–Kier alpha value is 0.400. The molecule has 0 amide bonds. The molecule has 9 heavy (non-hydrogen) atoms. The summed E-state index contributed by atoms with van der Waals surface area (Å²) >= 11 is 3.27. The predicted molar refractivity (Wildman–Crippen MR) is 40.7 cm³/mol. The van der Waals surface area contributed by atoms with Gasteiger partial charge in [-0.1, -0.05) is 15.9 Å². The highest BCUT2D eigenvalue weighted by atomic mass is 79.9. The van der Waals surface area contributed by atoms with Gasteiger partial charge in [-0.05, 0) is 12.8 Å². The van der Waals surface area contributed by atoms with Crippen molar-refractivity contribution in [3.63, 3.8) is 0 Å². The third-order valence-electron chi connectivity index (χ3n) is 1.26. The zero-order valence-electron chi connectivity index (χ0n) is 5.39. The summed E-state index contributed by atoms with van der Waals surface area (Å²) < 4.78 is 0. The monoisotopic (exact) mass is 196 g/mol. The number of hydrogen-bond donors (Lipinski definition) is 2. The fraction of sp³-hybridized carbons (Fsp3) is 1.00. The van der Waals surface area contributed by atoms with Crippen LogP contribution < -0.4 is 0 Å². The zero-order chi connectivity index (χ0) is 7.11. The van der Waals surface area contributed by atoms with Gasteiger partial charge in [-0.2, -0.15) is 0 Å². The van der Waals surface area contributed by atoms with Gasteiger partial charge < -0.3 is 10.2 Å². The van der Waals surface area contributed by atoms with E-state index in [2.05, 4.69) is 15.9 Å². The summed E-state index contributed by atoms with van der Waals surface area (Å²) in [7, 11) is 0. The maximum Gasteiger partial charge on any atom is 0.0481 e. The van der Waals surface area contributed by atoms with Crippen LogP contribution in [0, 0.1) is 5.92 Å². The van der Waals surface area contributed by atoms with Gasteiger partial charge in [0.05, 0.1) is 0 Å². The molecule has 0 rings (SSSR count). The van der Waals surface area contributed by atoms with Gasteiger partial charge >= 0.3 is 0 Å². The fourth-order valence-electron chi connectivity index (χ4n) is 0.606. The second kappa shape index (κ2) is 6.52. The Kier molecular flexibility index (Phi) is 6.81. The molecule has 0 aromatic rings. The van der Waals surface area contributed by atoms with Gasteiger partial charge in [-0.15, -0.1) is 0 Å². The lowest BCUT2D eigenvalue weighted by Gasteiger charge is -2.07. The SMILES string of the molecule is OCC(CO)CCCBr. The van der Waals surface area contributed by atoms with Crippen molar-refractivity contribution in [1.29, 1.82) is 0 Å². The molecule has 0 aliphatic carbocycles. The van der Waals surface area contributed by atoms with Crippen molar-refractivity contribution in [1.82, 2.24) is 0 Å². The molecule has 0 aliphatic heterocycles. The lowest BCUT2D eigenvalue weighted by molar-refractivity contribution is 0.143. The Morgan fingerprint density at radius 1 is 1.22 bits per heavy atom. The van der Waals surface area contributed by atoms with Crippen LogP contribution in [-0.4, -0.2) is 28.8 Å². The molecule has 0 aromatic carbocycles. The summed E-state index contributed by atoms with van der Waals surface area (Å²) in [5.41, 5.74) is 0. The molecule has 0 aliphatic rings. The molecule has 0 bridgehead atoms. The van der Waals surface area contributed by atoms with Crippen molar-refractivity contribution in [2.24, 2.45) is 5.92 Å². The van der Waals surface area contributed by atoms with Gasteiger partial charge in [-0.3, -0.25) is 0 Å². The largest absolute Gasteiger partial charge is 0.396 e. The summed E-state index contributed by atoms with van der Waals surface area (Å²) in [6.45, 7) is 0.201. The number of hydrogen-bond acceptors (Lipinski definition) is 2. The lowest BCUT2D eigenvalue weighted by atomic mass is 10.1. The topological polar surface area (TPSA) is 40.5 Å². The first-order chi connectivity index (χ1) is 4.35. The van der Waals surface area contributed by atoms with Crippen LogP contribution in [-0.2, 0) is 0 Å². The zero-order valence-corrected chi connectivity index (χ0v) is 6.97. The fourth-order valence-corrected chi connectivity index (χ4v) is 0.930. The Morgan fingerprint density at radius 2 is 1.78 bits per heavy atom. The molecule has 0 saturated heterocycles. The van der Waals surface area contributed by atoms with E-state index < -0.39 is 0 Å². The molecule has 2 nitrogen and oxygen atoms in total. The third-order valence-corrected chi connectivity index (χ3v) is 1.82. The first kappa shape index (κ1) is 9.40. The Balaban J connectivity index is 3.09. The van der Waals surface area contributed by atoms with E-state index in [0.717, 1.165) is 18.2 Å². The van der Waals surface area contributed by atoms with E-state index in [9.17, 15) is 0 Å². The van der Waals surface area contributed by atoms with Gasteiger partial charge in [0.2, 0.25) is 0 Å². The van der Waals surface area contributed by atoms with Crippen LogP contribution in [0.5, 0.6) is 0 Å². The predicted octanol–water partition coefficient (Wildman–Crippen LogP) is 0.762. The Morgan fingerprint density at radius 3 is 2.11 bits per heavy atom. The van der Waals surface area contributed by atoms with Crippen molar-refractivity contribution < 1.29 is 10.2 Å². The number of aliphatic hydroxyl groups excluding tert-OH is 2. The van der Waals surface area contributed by atoms with Crippen LogP contribution in [0.4, 0.5) is 0 Å². The molecule has 0 radical (unpaired) electrons. The van der Waals surface area contributed by atoms with E-state index in [1.165, 1.54) is 0 Å². The van der Waals surface area contributed by atoms with E-state index >= 15 is 0 Å². The number of alkyl halides is 1. The van der Waals surface area contributed by atoms with Crippen molar-refractivity contribution in [3.8, 4) is 0 Å². The van der Waals surface area contributed by atoms with Crippen LogP contribution in [0.25, 0.3) is 0 Å². The third kappa shape index (κ3) is 4.88. The Bertz CT molecular complexity index is 55.0. The first-order valence-corrected chi connectivity index (χ1v) is 4.25. The summed E-state index contributed by atoms with van der Waals surface area (Å²) in [6, 6.07) is 0. The van der Waals surface area contributed by atoms with E-state index in [1.807, 2.05) is 0 Å². The van der Waals surface area contributed by atoms with Crippen molar-refractivity contribution in [2.45, 2.75) is 12.8 Å². The van der Waals surface area contributed by atoms with Crippen LogP contribution in [0.1, 0.15) is 12.8 Å². The number of halogens is 1. The minimum atomic E-state index is 0.0857. The average molecular weight is 197 g/mol. The molecule has 0 atom stereocenters. The van der Waals surface area contributed by atoms with E-state index in [0.29, 0.717) is 0 Å². The highest BCUT2D eigenvalue weighted by molar-refractivity contribution is 9.09. The summed E-state index contributed by atoms with van der Waals surface area (Å²) in [6.07, 6.45) is 1.92. The van der Waals surface area contributed by atoms with Gasteiger partial charge in [-0.25, -0.2) is 0 Å². The maximum absolute atomic E-state index is 8.58. The number of rotatable bonds is 5. The van der Waals surface area contributed by atoms with Gasteiger partial charge in [0.1, 0.15) is 0 Å². The molecule has 0 fully saturated rings. The van der Waals surface area contributed by atoms with Crippen LogP contribution in [0.15, 0.2) is 0 Å². The quantitative estimate of drug-likeness (QED) is 0.639. The van der Waals surface area contributed by atoms with E-state index in [1.54, 1.807) is 0 Å². The minimum absolute atomic E-state index is 0.0857. The van der Waals surface area contributed by atoms with Crippen molar-refractivity contribution in [3.05, 3.63) is 0 Å².